The molecule has 0 saturated heterocycles. The van der Waals surface area contributed by atoms with Crippen molar-refractivity contribution >= 4 is 34.3 Å². The van der Waals surface area contributed by atoms with E-state index in [-0.39, 0.29) is 11.8 Å². The van der Waals surface area contributed by atoms with Crippen molar-refractivity contribution in [3.8, 4) is 0 Å². The van der Waals surface area contributed by atoms with Crippen LogP contribution in [-0.4, -0.2) is 41.9 Å². The van der Waals surface area contributed by atoms with Gasteiger partial charge in [-0.25, -0.2) is 4.79 Å². The molecule has 1 heterocycles. The average molecular weight is 492 g/mol. The second-order valence-electron chi connectivity index (χ2n) is 7.23. The van der Waals surface area contributed by atoms with Gasteiger partial charge in [-0.2, -0.15) is 0 Å². The number of fused-ring (bicyclic) bond motifs is 1. The molecule has 1 aliphatic carbocycles. The number of ketones is 1. The molecule has 0 fully saturated rings. The van der Waals surface area contributed by atoms with E-state index in [0.29, 0.717) is 31.0 Å². The first kappa shape index (κ1) is 20.6. The van der Waals surface area contributed by atoms with Crippen molar-refractivity contribution in [2.24, 2.45) is 0 Å². The minimum atomic E-state index is -0.376. The molecule has 3 rings (SSSR count). The maximum atomic E-state index is 13.3. The summed E-state index contributed by atoms with van der Waals surface area (Å²) in [5.41, 5.74) is 5.04. The predicted molar refractivity (Wildman–Crippen MR) is 118 cm³/mol. The average Bonchev–Trinajstić information content (AvgIpc) is 2.92. The molecule has 1 aromatic carbocycles. The van der Waals surface area contributed by atoms with Gasteiger partial charge in [0.15, 0.2) is 0 Å². The highest BCUT2D eigenvalue weighted by atomic mass is 127. The molecular weight excluding hydrogens is 467 g/mol. The summed E-state index contributed by atoms with van der Waals surface area (Å²) in [7, 11) is 3.82. The summed E-state index contributed by atoms with van der Waals surface area (Å²) < 4.78 is 7.99. The zero-order valence-electron chi connectivity index (χ0n) is 16.7. The maximum Gasteiger partial charge on any atom is 0.356 e. The third-order valence-electron chi connectivity index (χ3n) is 4.79. The number of hydrogen-bond acceptors (Lipinski definition) is 4. The Morgan fingerprint density at radius 3 is 2.54 bits per heavy atom. The van der Waals surface area contributed by atoms with Crippen LogP contribution in [0.4, 0.5) is 0 Å². The van der Waals surface area contributed by atoms with Crippen LogP contribution >= 0.6 is 22.6 Å². The lowest BCUT2D eigenvalue weighted by Gasteiger charge is -2.19. The molecule has 0 N–H and O–H groups in total. The Kier molecular flexibility index (Phi) is 6.27. The molecule has 0 amide bonds. The number of nitrogens with zero attached hydrogens (tertiary/aromatic N) is 2. The molecule has 0 unspecified atom stereocenters. The molecule has 0 saturated carbocycles. The van der Waals surface area contributed by atoms with E-state index in [0.717, 1.165) is 26.7 Å². The van der Waals surface area contributed by atoms with Crippen LogP contribution in [0.1, 0.15) is 51.0 Å². The molecule has 6 heteroatoms. The van der Waals surface area contributed by atoms with Crippen molar-refractivity contribution < 1.29 is 14.3 Å². The summed E-state index contributed by atoms with van der Waals surface area (Å²) in [6, 6.07) is 8.15. The van der Waals surface area contributed by atoms with Gasteiger partial charge in [0.25, 0.3) is 0 Å². The summed E-state index contributed by atoms with van der Waals surface area (Å²) in [6.45, 7) is 4.59. The molecule has 1 aliphatic rings. The summed E-state index contributed by atoms with van der Waals surface area (Å²) in [4.78, 5) is 27.9. The van der Waals surface area contributed by atoms with Gasteiger partial charge in [0.1, 0.15) is 5.69 Å². The van der Waals surface area contributed by atoms with Crippen molar-refractivity contribution in [3.63, 3.8) is 0 Å². The number of aromatic nitrogens is 1. The number of Topliss-reactive ketones (excluding diaryl/α,β-unsaturated/α-hetero) is 1. The van der Waals surface area contributed by atoms with Gasteiger partial charge in [-0.3, -0.25) is 4.79 Å². The fraction of sp³-hybridized carbons (Fsp3) is 0.364. The number of allylic oxidation sites excluding steroid dienone is 1. The highest BCUT2D eigenvalue weighted by Crippen LogP contribution is 2.34. The molecule has 2 aromatic rings. The van der Waals surface area contributed by atoms with Gasteiger partial charge in [0, 0.05) is 36.0 Å². The van der Waals surface area contributed by atoms with E-state index in [1.807, 2.05) is 61.0 Å². The van der Waals surface area contributed by atoms with E-state index in [4.69, 9.17) is 4.74 Å². The van der Waals surface area contributed by atoms with Gasteiger partial charge in [-0.15, -0.1) is 0 Å². The fourth-order valence-electron chi connectivity index (χ4n) is 3.52. The number of halogens is 1. The number of ether oxygens (including phenoxy) is 1. The Bertz CT molecular complexity index is 940. The minimum absolute atomic E-state index is 0.00414. The molecule has 5 nitrogen and oxygen atoms in total. The maximum absolute atomic E-state index is 13.3. The highest BCUT2D eigenvalue weighted by molar-refractivity contribution is 14.1. The molecular formula is C22H25IN2O3. The number of benzene rings is 1. The van der Waals surface area contributed by atoms with Crippen LogP contribution in [0.2, 0.25) is 0 Å². The van der Waals surface area contributed by atoms with E-state index in [1.165, 1.54) is 5.56 Å². The van der Waals surface area contributed by atoms with E-state index >= 15 is 0 Å². The summed E-state index contributed by atoms with van der Waals surface area (Å²) in [5.74, 6) is -0.380. The number of carbonyl (C=O) groups excluding carboxylic acids is 2. The third kappa shape index (κ3) is 4.01. The van der Waals surface area contributed by atoms with E-state index in [2.05, 4.69) is 22.6 Å². The SMILES string of the molecule is CCOC(=O)c1c(I)c2c(n1Cc1ccc(C)cc1)C(=O)C(=CN(C)C)CC2. The Hall–Kier alpha value is -2.09. The molecule has 28 heavy (non-hydrogen) atoms. The van der Waals surface area contributed by atoms with Gasteiger partial charge in [-0.1, -0.05) is 29.8 Å². The summed E-state index contributed by atoms with van der Waals surface area (Å²) in [5, 5.41) is 0. The van der Waals surface area contributed by atoms with Crippen LogP contribution in [0.3, 0.4) is 0 Å². The number of carbonyl (C=O) groups is 2. The molecule has 0 atom stereocenters. The van der Waals surface area contributed by atoms with Gasteiger partial charge >= 0.3 is 5.97 Å². The van der Waals surface area contributed by atoms with E-state index in [1.54, 1.807) is 6.92 Å². The Morgan fingerprint density at radius 1 is 1.25 bits per heavy atom. The lowest BCUT2D eigenvalue weighted by molar-refractivity contribution is 0.0513. The highest BCUT2D eigenvalue weighted by Gasteiger charge is 2.34. The lowest BCUT2D eigenvalue weighted by atomic mass is 9.92. The third-order valence-corrected chi connectivity index (χ3v) is 5.96. The second-order valence-corrected chi connectivity index (χ2v) is 8.31. The number of esters is 1. The van der Waals surface area contributed by atoms with Crippen LogP contribution in [-0.2, 0) is 17.7 Å². The Morgan fingerprint density at radius 2 is 1.93 bits per heavy atom. The van der Waals surface area contributed by atoms with Gasteiger partial charge in [0.2, 0.25) is 5.78 Å². The fourth-order valence-corrected chi connectivity index (χ4v) is 4.56. The van der Waals surface area contributed by atoms with Crippen LogP contribution < -0.4 is 0 Å². The summed E-state index contributed by atoms with van der Waals surface area (Å²) >= 11 is 2.19. The first-order chi connectivity index (χ1) is 13.3. The van der Waals surface area contributed by atoms with Gasteiger partial charge in [0.05, 0.1) is 12.3 Å². The molecule has 0 bridgehead atoms. The lowest BCUT2D eigenvalue weighted by Crippen LogP contribution is -2.22. The topological polar surface area (TPSA) is 51.5 Å². The van der Waals surface area contributed by atoms with Gasteiger partial charge in [-0.05, 0) is 60.4 Å². The standard InChI is InChI=1S/C22H25IN2O3/c1-5-28-22(27)20-18(23)17-11-10-16(13-24(3)4)21(26)19(17)25(20)12-15-8-6-14(2)7-9-15/h6-9,13H,5,10-12H2,1-4H3. The first-order valence-corrected chi connectivity index (χ1v) is 10.5. The minimum Gasteiger partial charge on any atom is -0.461 e. The second kappa shape index (κ2) is 8.51. The molecule has 0 radical (unpaired) electrons. The zero-order valence-corrected chi connectivity index (χ0v) is 18.9. The number of hydrogen-bond donors (Lipinski definition) is 0. The van der Waals surface area contributed by atoms with Crippen LogP contribution in [0.25, 0.3) is 0 Å². The molecule has 1 aromatic heterocycles. The largest absolute Gasteiger partial charge is 0.461 e. The van der Waals surface area contributed by atoms with Crippen LogP contribution in [0, 0.1) is 10.5 Å². The summed E-state index contributed by atoms with van der Waals surface area (Å²) in [6.07, 6.45) is 3.30. The zero-order chi connectivity index (χ0) is 20.4. The monoisotopic (exact) mass is 492 g/mol. The predicted octanol–water partition coefficient (Wildman–Crippen LogP) is 4.20. The van der Waals surface area contributed by atoms with Crippen molar-refractivity contribution in [3.05, 3.63) is 67.7 Å². The molecule has 0 spiro atoms. The number of aryl methyl sites for hydroxylation is 1. The first-order valence-electron chi connectivity index (χ1n) is 9.38. The molecule has 148 valence electrons. The number of rotatable bonds is 5. The van der Waals surface area contributed by atoms with Crippen molar-refractivity contribution in [2.75, 3.05) is 20.7 Å². The quantitative estimate of drug-likeness (QED) is 0.357. The van der Waals surface area contributed by atoms with Gasteiger partial charge < -0.3 is 14.2 Å². The Balaban J connectivity index is 2.16. The normalized spacial score (nSPS) is 14.9. The van der Waals surface area contributed by atoms with Crippen molar-refractivity contribution in [1.29, 1.82) is 0 Å². The van der Waals surface area contributed by atoms with Crippen LogP contribution in [0.5, 0.6) is 0 Å². The van der Waals surface area contributed by atoms with Crippen molar-refractivity contribution in [1.82, 2.24) is 9.47 Å². The van der Waals surface area contributed by atoms with E-state index in [9.17, 15) is 9.59 Å². The van der Waals surface area contributed by atoms with E-state index < -0.39 is 0 Å². The van der Waals surface area contributed by atoms with Crippen molar-refractivity contribution in [2.45, 2.75) is 33.2 Å². The molecule has 0 aliphatic heterocycles. The Labute approximate surface area is 179 Å². The van der Waals surface area contributed by atoms with Crippen LogP contribution in [0.15, 0.2) is 36.0 Å². The smallest absolute Gasteiger partial charge is 0.356 e.